The third-order valence-electron chi connectivity index (χ3n) is 6.40. The molecule has 0 aliphatic heterocycles. The fraction of sp³-hybridized carbons (Fsp3) is 0.560. The Bertz CT molecular complexity index is 929. The van der Waals surface area contributed by atoms with Crippen LogP contribution in [0.3, 0.4) is 0 Å². The monoisotopic (exact) mass is 431 g/mol. The summed E-state index contributed by atoms with van der Waals surface area (Å²) in [6.45, 7) is 9.32. The summed E-state index contributed by atoms with van der Waals surface area (Å²) in [5.41, 5.74) is 2.82. The van der Waals surface area contributed by atoms with E-state index in [4.69, 9.17) is 0 Å². The van der Waals surface area contributed by atoms with E-state index < -0.39 is 5.92 Å². The van der Waals surface area contributed by atoms with E-state index in [1.54, 1.807) is 12.1 Å². The summed E-state index contributed by atoms with van der Waals surface area (Å²) in [7, 11) is 2.01. The molecule has 1 saturated carbocycles. The van der Waals surface area contributed by atoms with Crippen LogP contribution in [0.15, 0.2) is 30.3 Å². The molecular weight excluding hydrogens is 396 g/mol. The molecule has 31 heavy (non-hydrogen) atoms. The molecule has 170 valence electrons. The van der Waals surface area contributed by atoms with Crippen LogP contribution in [0.5, 0.6) is 0 Å². The smallest absolute Gasteiger partial charge is 0.270 e. The maximum absolute atomic E-state index is 13.7. The van der Waals surface area contributed by atoms with Gasteiger partial charge in [-0.2, -0.15) is 0 Å². The summed E-state index contributed by atoms with van der Waals surface area (Å²) in [6.07, 6.45) is 4.36. The number of carbonyl (C=O) groups is 1. The number of amides is 1. The Labute approximate surface area is 184 Å². The van der Waals surface area contributed by atoms with E-state index in [2.05, 4.69) is 36.0 Å². The zero-order valence-corrected chi connectivity index (χ0v) is 19.5. The summed E-state index contributed by atoms with van der Waals surface area (Å²) in [5, 5.41) is 6.20. The molecule has 2 aromatic rings. The summed E-state index contributed by atoms with van der Waals surface area (Å²) in [4.78, 5) is 13.1. The fourth-order valence-electron chi connectivity index (χ4n) is 4.59. The third kappa shape index (κ3) is 5.17. The van der Waals surface area contributed by atoms with E-state index in [0.717, 1.165) is 44.0 Å². The van der Waals surface area contributed by atoms with Crippen LogP contribution >= 0.6 is 0 Å². The molecule has 1 fully saturated rings. The summed E-state index contributed by atoms with van der Waals surface area (Å²) < 4.78 is 29.7. The minimum absolute atomic E-state index is 0.115. The zero-order valence-electron chi connectivity index (χ0n) is 19.5. The molecule has 1 heterocycles. The normalized spacial score (nSPS) is 20.0. The van der Waals surface area contributed by atoms with Gasteiger partial charge in [-0.25, -0.2) is 8.78 Å². The second-order valence-electron chi connectivity index (χ2n) is 9.87. The van der Waals surface area contributed by atoms with Crippen molar-refractivity contribution in [3.8, 4) is 0 Å². The fourth-order valence-corrected chi connectivity index (χ4v) is 4.59. The molecule has 0 radical (unpaired) electrons. The lowest BCUT2D eigenvalue weighted by Gasteiger charge is -2.34. The first kappa shape index (κ1) is 23.5. The number of anilines is 1. The Hall–Kier alpha value is -2.21. The van der Waals surface area contributed by atoms with Gasteiger partial charge in [0.15, 0.2) is 0 Å². The summed E-state index contributed by atoms with van der Waals surface area (Å²) >= 11 is 0. The number of hydrogen-bond acceptors (Lipinski definition) is 2. The minimum atomic E-state index is -2.95. The van der Waals surface area contributed by atoms with E-state index >= 15 is 0 Å². The van der Waals surface area contributed by atoms with Crippen molar-refractivity contribution in [1.82, 2.24) is 9.88 Å². The molecule has 0 atom stereocenters. The Morgan fingerprint density at radius 1 is 1.06 bits per heavy atom. The average Bonchev–Trinajstić information content (AvgIpc) is 3.05. The first-order chi connectivity index (χ1) is 14.4. The van der Waals surface area contributed by atoms with Crippen LogP contribution in [0, 0.1) is 6.92 Å². The number of nitrogens with one attached hydrogen (secondary N) is 2. The Kier molecular flexibility index (Phi) is 6.61. The Balaban J connectivity index is 1.91. The number of benzene rings is 1. The Morgan fingerprint density at radius 3 is 2.26 bits per heavy atom. The highest BCUT2D eigenvalue weighted by Gasteiger charge is 2.31. The number of alkyl halides is 2. The van der Waals surface area contributed by atoms with E-state index in [1.807, 2.05) is 20.0 Å². The maximum Gasteiger partial charge on any atom is 0.270 e. The van der Waals surface area contributed by atoms with Crippen LogP contribution < -0.4 is 10.6 Å². The lowest BCUT2D eigenvalue weighted by atomic mass is 9.88. The van der Waals surface area contributed by atoms with Gasteiger partial charge in [-0.1, -0.05) is 32.9 Å². The lowest BCUT2D eigenvalue weighted by Crippen LogP contribution is -2.32. The lowest BCUT2D eigenvalue weighted by molar-refractivity contribution is 0.0175. The minimum Gasteiger partial charge on any atom is -0.345 e. The third-order valence-corrected chi connectivity index (χ3v) is 6.40. The van der Waals surface area contributed by atoms with Gasteiger partial charge in [0.1, 0.15) is 0 Å². The molecule has 1 aliphatic carbocycles. The van der Waals surface area contributed by atoms with Crippen molar-refractivity contribution in [2.45, 2.75) is 83.7 Å². The van der Waals surface area contributed by atoms with Crippen molar-refractivity contribution in [2.75, 3.05) is 12.4 Å². The molecule has 0 saturated heterocycles. The van der Waals surface area contributed by atoms with E-state index in [-0.39, 0.29) is 16.9 Å². The van der Waals surface area contributed by atoms with E-state index in [0.29, 0.717) is 23.3 Å². The topological polar surface area (TPSA) is 46.1 Å². The molecule has 3 rings (SSSR count). The van der Waals surface area contributed by atoms with Gasteiger partial charge in [-0.3, -0.25) is 4.79 Å². The predicted octanol–water partition coefficient (Wildman–Crippen LogP) is 6.16. The number of rotatable bonds is 5. The number of hydrogen-bond donors (Lipinski definition) is 2. The largest absolute Gasteiger partial charge is 0.345 e. The molecule has 1 amide bonds. The van der Waals surface area contributed by atoms with Crippen LogP contribution in [0.4, 0.5) is 14.5 Å². The van der Waals surface area contributed by atoms with Crippen LogP contribution in [-0.2, 0) is 11.3 Å². The molecule has 0 spiro atoms. The van der Waals surface area contributed by atoms with Crippen LogP contribution in [0.2, 0.25) is 0 Å². The van der Waals surface area contributed by atoms with Gasteiger partial charge in [-0.05, 0) is 57.9 Å². The molecule has 1 aromatic carbocycles. The molecule has 1 aromatic heterocycles. The van der Waals surface area contributed by atoms with Gasteiger partial charge in [0.2, 0.25) is 0 Å². The molecule has 2 N–H and O–H groups in total. The molecule has 6 heteroatoms. The van der Waals surface area contributed by atoms with Crippen molar-refractivity contribution in [2.24, 2.45) is 0 Å². The highest BCUT2D eigenvalue weighted by molar-refractivity contribution is 6.05. The van der Waals surface area contributed by atoms with E-state index in [1.165, 1.54) is 12.1 Å². The molecule has 1 aliphatic rings. The average molecular weight is 432 g/mol. The van der Waals surface area contributed by atoms with Gasteiger partial charge in [0, 0.05) is 47.1 Å². The highest BCUT2D eigenvalue weighted by Crippen LogP contribution is 2.37. The van der Waals surface area contributed by atoms with Gasteiger partial charge < -0.3 is 15.2 Å². The van der Waals surface area contributed by atoms with Crippen molar-refractivity contribution < 1.29 is 13.6 Å². The maximum atomic E-state index is 13.7. The predicted molar refractivity (Wildman–Crippen MR) is 122 cm³/mol. The standard InChI is InChI=1S/C25H35F2N3O/c1-16-21(23(31)29-19-9-7-8-17(14-19)25(5,26)27)15-22(24(2,3)4)30(16)20-12-10-18(28-6)11-13-20/h7-9,14-15,18,20,28H,10-13H2,1-6H3,(H,29,31)/t18-,20-. The first-order valence-corrected chi connectivity index (χ1v) is 11.1. The zero-order chi connectivity index (χ0) is 23.0. The SMILES string of the molecule is CN[C@H]1CC[C@H](n2c(C(C)(C)C)cc(C(=O)Nc3cccc(C(C)(F)F)c3)c2C)CC1. The van der Waals surface area contributed by atoms with Gasteiger partial charge in [-0.15, -0.1) is 0 Å². The first-order valence-electron chi connectivity index (χ1n) is 11.1. The van der Waals surface area contributed by atoms with Crippen molar-refractivity contribution in [3.63, 3.8) is 0 Å². The van der Waals surface area contributed by atoms with Crippen molar-refractivity contribution in [3.05, 3.63) is 52.8 Å². The van der Waals surface area contributed by atoms with E-state index in [9.17, 15) is 13.6 Å². The summed E-state index contributed by atoms with van der Waals surface area (Å²) in [6, 6.07) is 8.79. The van der Waals surface area contributed by atoms with Gasteiger partial charge in [0.25, 0.3) is 11.8 Å². The second kappa shape index (κ2) is 8.73. The molecule has 0 bridgehead atoms. The Morgan fingerprint density at radius 2 is 1.71 bits per heavy atom. The molecule has 0 unspecified atom stereocenters. The van der Waals surface area contributed by atoms with Crippen LogP contribution in [-0.4, -0.2) is 23.6 Å². The van der Waals surface area contributed by atoms with Gasteiger partial charge in [0.05, 0.1) is 5.56 Å². The highest BCUT2D eigenvalue weighted by atomic mass is 19.3. The quantitative estimate of drug-likeness (QED) is 0.595. The van der Waals surface area contributed by atoms with Crippen LogP contribution in [0.1, 0.15) is 86.7 Å². The number of aromatic nitrogens is 1. The van der Waals surface area contributed by atoms with Crippen molar-refractivity contribution >= 4 is 11.6 Å². The number of nitrogens with zero attached hydrogens (tertiary/aromatic N) is 1. The van der Waals surface area contributed by atoms with Crippen molar-refractivity contribution in [1.29, 1.82) is 0 Å². The number of halogens is 2. The molecule has 4 nitrogen and oxygen atoms in total. The van der Waals surface area contributed by atoms with Crippen LogP contribution in [0.25, 0.3) is 0 Å². The number of carbonyl (C=O) groups excluding carboxylic acids is 1. The van der Waals surface area contributed by atoms with Gasteiger partial charge >= 0.3 is 0 Å². The second-order valence-corrected chi connectivity index (χ2v) is 9.87. The summed E-state index contributed by atoms with van der Waals surface area (Å²) in [5.74, 6) is -3.21. The molecular formula is C25H35F2N3O.